The number of carbonyl (C=O) groups is 3. The van der Waals surface area contributed by atoms with Gasteiger partial charge < -0.3 is 30.4 Å². The van der Waals surface area contributed by atoms with Crippen LogP contribution < -0.4 is 20.7 Å². The molecule has 3 aromatic rings. The Morgan fingerprint density at radius 3 is 2.79 bits per heavy atom. The summed E-state index contributed by atoms with van der Waals surface area (Å²) in [6, 6.07) is 2.93. The smallest absolute Gasteiger partial charge is 0.276 e. The van der Waals surface area contributed by atoms with Crippen LogP contribution >= 0.6 is 23.1 Å². The summed E-state index contributed by atoms with van der Waals surface area (Å²) in [7, 11) is 1.28. The standard InChI is InChI=1S/C23H22N8O5S2/c1-36-28-16(15-11-38-23(24)26-15)19(32)27-17-20(33)31-18(22(34)35)14(10-37-21(17)31)9-29-5-2-13(3-6-29)8-30-7-4-25-12-30/h2-7,11-12,17,21H,8-10H2,1H3,(H3-,24,26,27,32,34,35)/t17-,21+/m1/s1. The zero-order chi connectivity index (χ0) is 26.8. The van der Waals surface area contributed by atoms with E-state index in [1.807, 2.05) is 39.9 Å². The molecule has 2 atom stereocenters. The lowest BCUT2D eigenvalue weighted by molar-refractivity contribution is -0.689. The quantitative estimate of drug-likeness (QED) is 0.141. The molecule has 13 nitrogen and oxygen atoms in total. The van der Waals surface area contributed by atoms with Gasteiger partial charge in [-0.2, -0.15) is 0 Å². The number of nitrogens with two attached hydrogens (primary N) is 1. The number of carbonyl (C=O) groups excluding carboxylic acids is 3. The largest absolute Gasteiger partial charge is 0.543 e. The van der Waals surface area contributed by atoms with Crippen molar-refractivity contribution in [3.8, 4) is 0 Å². The van der Waals surface area contributed by atoms with Crippen molar-refractivity contribution in [3.05, 3.63) is 71.2 Å². The summed E-state index contributed by atoms with van der Waals surface area (Å²) in [6.45, 7) is 0.929. The van der Waals surface area contributed by atoms with Gasteiger partial charge in [-0.05, 0) is 5.56 Å². The number of imidazole rings is 1. The predicted molar refractivity (Wildman–Crippen MR) is 135 cm³/mol. The number of rotatable bonds is 9. The van der Waals surface area contributed by atoms with Gasteiger partial charge in [0.2, 0.25) is 0 Å². The van der Waals surface area contributed by atoms with Crippen LogP contribution in [0.3, 0.4) is 0 Å². The Morgan fingerprint density at radius 1 is 1.37 bits per heavy atom. The average Bonchev–Trinajstić information content (AvgIpc) is 3.58. The maximum atomic E-state index is 13.0. The van der Waals surface area contributed by atoms with Crippen LogP contribution in [0.4, 0.5) is 5.13 Å². The highest BCUT2D eigenvalue weighted by molar-refractivity contribution is 8.00. The molecule has 2 aliphatic rings. The van der Waals surface area contributed by atoms with Gasteiger partial charge in [-0.3, -0.25) is 14.5 Å². The number of hydrogen-bond donors (Lipinski definition) is 2. The molecule has 0 bridgehead atoms. The first-order valence-electron chi connectivity index (χ1n) is 11.3. The van der Waals surface area contributed by atoms with Crippen molar-refractivity contribution in [2.45, 2.75) is 24.5 Å². The fraction of sp³-hybridized carbons (Fsp3) is 0.261. The highest BCUT2D eigenvalue weighted by Gasteiger charge is 2.53. The summed E-state index contributed by atoms with van der Waals surface area (Å²) in [5, 5.41) is 19.6. The fourth-order valence-electron chi connectivity index (χ4n) is 4.21. The van der Waals surface area contributed by atoms with Gasteiger partial charge in [-0.1, -0.05) is 5.16 Å². The number of nitrogen functional groups attached to an aromatic ring is 1. The van der Waals surface area contributed by atoms with Crippen molar-refractivity contribution in [3.63, 3.8) is 0 Å². The molecule has 2 amide bonds. The van der Waals surface area contributed by atoms with Crippen molar-refractivity contribution < 1.29 is 28.9 Å². The number of hydrogen-bond acceptors (Lipinski definition) is 11. The van der Waals surface area contributed by atoms with Gasteiger partial charge in [-0.15, -0.1) is 23.1 Å². The van der Waals surface area contributed by atoms with E-state index in [1.54, 1.807) is 17.9 Å². The number of nitrogens with one attached hydrogen (secondary N) is 1. The number of oxime groups is 1. The van der Waals surface area contributed by atoms with Crippen LogP contribution in [0.2, 0.25) is 0 Å². The number of aromatic nitrogens is 4. The third-order valence-electron chi connectivity index (χ3n) is 5.95. The number of pyridine rings is 1. The number of fused-ring (bicyclic) bond motifs is 1. The van der Waals surface area contributed by atoms with E-state index in [0.29, 0.717) is 17.9 Å². The van der Waals surface area contributed by atoms with E-state index in [1.165, 1.54) is 23.8 Å². The predicted octanol–water partition coefficient (Wildman–Crippen LogP) is -1.29. The van der Waals surface area contributed by atoms with Gasteiger partial charge in [0.1, 0.15) is 24.2 Å². The normalized spacial score (nSPS) is 19.1. The average molecular weight is 555 g/mol. The number of carboxylic acid groups (broad SMARTS) is 1. The molecule has 2 aliphatic heterocycles. The number of nitrogens with zero attached hydrogens (tertiary/aromatic N) is 6. The van der Waals surface area contributed by atoms with Crippen LogP contribution in [0.1, 0.15) is 11.3 Å². The summed E-state index contributed by atoms with van der Waals surface area (Å²) >= 11 is 2.49. The molecule has 15 heteroatoms. The van der Waals surface area contributed by atoms with E-state index in [4.69, 9.17) is 10.6 Å². The van der Waals surface area contributed by atoms with Gasteiger partial charge in [-0.25, -0.2) is 14.5 Å². The van der Waals surface area contributed by atoms with Crippen molar-refractivity contribution in [1.82, 2.24) is 24.8 Å². The highest BCUT2D eigenvalue weighted by atomic mass is 32.2. The van der Waals surface area contributed by atoms with E-state index in [9.17, 15) is 19.5 Å². The molecule has 0 unspecified atom stereocenters. The Hall–Kier alpha value is -4.24. The number of anilines is 1. The molecule has 0 aromatic carbocycles. The zero-order valence-electron chi connectivity index (χ0n) is 20.0. The lowest BCUT2D eigenvalue weighted by atomic mass is 10.0. The van der Waals surface area contributed by atoms with Gasteiger partial charge in [0, 0.05) is 47.8 Å². The number of thioether (sulfide) groups is 1. The topological polar surface area (TPSA) is 172 Å². The van der Waals surface area contributed by atoms with Crippen molar-refractivity contribution in [1.29, 1.82) is 0 Å². The van der Waals surface area contributed by atoms with Crippen LogP contribution in [0.15, 0.2) is 65.1 Å². The summed E-state index contributed by atoms with van der Waals surface area (Å²) < 4.78 is 3.78. The number of β-lactam (4-membered cyclic amide) rings is 1. The number of thiazole rings is 1. The molecular weight excluding hydrogens is 532 g/mol. The molecule has 38 heavy (non-hydrogen) atoms. The molecule has 3 N–H and O–H groups in total. The first-order chi connectivity index (χ1) is 18.4. The van der Waals surface area contributed by atoms with Gasteiger partial charge >= 0.3 is 0 Å². The lowest BCUT2D eigenvalue weighted by Crippen LogP contribution is -2.71. The first-order valence-corrected chi connectivity index (χ1v) is 13.2. The Kier molecular flexibility index (Phi) is 7.11. The molecule has 5 heterocycles. The lowest BCUT2D eigenvalue weighted by Gasteiger charge is -2.50. The second-order valence-corrected chi connectivity index (χ2v) is 10.4. The Morgan fingerprint density at radius 2 is 2.16 bits per heavy atom. The molecular formula is C23H22N8O5S2. The van der Waals surface area contributed by atoms with Crippen LogP contribution in [-0.2, 0) is 32.3 Å². The van der Waals surface area contributed by atoms with E-state index >= 15 is 0 Å². The fourth-order valence-corrected chi connectivity index (χ4v) is 6.09. The minimum atomic E-state index is -1.44. The first kappa shape index (κ1) is 25.4. The Balaban J connectivity index is 1.29. The SMILES string of the molecule is CON=C(C(=O)N[C@@H]1C(=O)N2C(C(=O)[O-])=C(C[n+]3ccc(Cn4ccnc4)cc3)CS[C@@H]12)c1csc(N)n1. The van der Waals surface area contributed by atoms with Crippen molar-refractivity contribution in [2.24, 2.45) is 5.16 Å². The van der Waals surface area contributed by atoms with Gasteiger partial charge in [0.15, 0.2) is 29.8 Å². The summed E-state index contributed by atoms with van der Waals surface area (Å²) in [6.07, 6.45) is 9.01. The molecule has 196 valence electrons. The molecule has 3 aromatic heterocycles. The summed E-state index contributed by atoms with van der Waals surface area (Å²) in [5.74, 6) is -2.34. The van der Waals surface area contributed by atoms with Crippen molar-refractivity contribution in [2.75, 3.05) is 18.6 Å². The van der Waals surface area contributed by atoms with Gasteiger partial charge in [0.05, 0.1) is 18.0 Å². The minimum Gasteiger partial charge on any atom is -0.543 e. The molecule has 0 spiro atoms. The van der Waals surface area contributed by atoms with E-state index in [0.717, 1.165) is 16.9 Å². The minimum absolute atomic E-state index is 0.142. The molecule has 1 saturated heterocycles. The molecule has 1 fully saturated rings. The second-order valence-electron chi connectivity index (χ2n) is 8.41. The highest BCUT2D eigenvalue weighted by Crippen LogP contribution is 2.40. The summed E-state index contributed by atoms with van der Waals surface area (Å²) in [4.78, 5) is 52.0. The third kappa shape index (κ3) is 4.97. The molecule has 0 saturated carbocycles. The molecule has 0 radical (unpaired) electrons. The number of aliphatic carboxylic acids is 1. The van der Waals surface area contributed by atoms with Crippen LogP contribution in [-0.4, -0.2) is 67.2 Å². The number of carboxylic acids is 1. The maximum Gasteiger partial charge on any atom is 0.276 e. The summed E-state index contributed by atoms with van der Waals surface area (Å²) in [5.41, 5.74) is 7.14. The van der Waals surface area contributed by atoms with E-state index in [2.05, 4.69) is 20.4 Å². The van der Waals surface area contributed by atoms with Crippen LogP contribution in [0, 0.1) is 0 Å². The molecule has 0 aliphatic carbocycles. The Labute approximate surface area is 224 Å². The van der Waals surface area contributed by atoms with E-state index < -0.39 is 29.2 Å². The third-order valence-corrected chi connectivity index (χ3v) is 7.96. The van der Waals surface area contributed by atoms with Crippen LogP contribution in [0.5, 0.6) is 0 Å². The zero-order valence-corrected chi connectivity index (χ0v) is 21.6. The van der Waals surface area contributed by atoms with Crippen LogP contribution in [0.25, 0.3) is 0 Å². The Bertz CT molecular complexity index is 1430. The monoisotopic (exact) mass is 554 g/mol. The number of amides is 2. The maximum absolute atomic E-state index is 13.0. The van der Waals surface area contributed by atoms with E-state index in [-0.39, 0.29) is 28.8 Å². The molecule has 5 rings (SSSR count). The van der Waals surface area contributed by atoms with Crippen molar-refractivity contribution >= 4 is 51.7 Å². The second kappa shape index (κ2) is 10.6. The van der Waals surface area contributed by atoms with Gasteiger partial charge in [0.25, 0.3) is 11.8 Å².